The van der Waals surface area contributed by atoms with Gasteiger partial charge in [0.1, 0.15) is 11.8 Å². The summed E-state index contributed by atoms with van der Waals surface area (Å²) in [6.07, 6.45) is 1.16. The molecule has 3 aromatic rings. The molecule has 2 unspecified atom stereocenters. The van der Waals surface area contributed by atoms with E-state index in [0.717, 1.165) is 33.3 Å². The minimum Gasteiger partial charge on any atom is -0.508 e. The maximum Gasteiger partial charge on any atom is 0.243 e. The number of phenolic OH excluding ortho intramolecular Hbond substituents is 1. The summed E-state index contributed by atoms with van der Waals surface area (Å²) in [5.41, 5.74) is 16.0. The van der Waals surface area contributed by atoms with Gasteiger partial charge in [-0.05, 0) is 55.3 Å². The maximum absolute atomic E-state index is 13.4. The van der Waals surface area contributed by atoms with Gasteiger partial charge < -0.3 is 31.8 Å². The first-order valence-electron chi connectivity index (χ1n) is 11.3. The lowest BCUT2D eigenvalue weighted by Crippen LogP contribution is -2.55. The number of aromatic nitrogens is 1. The van der Waals surface area contributed by atoms with Gasteiger partial charge in [-0.2, -0.15) is 0 Å². The highest BCUT2D eigenvalue weighted by molar-refractivity contribution is 5.92. The molecule has 4 rings (SSSR count). The molecule has 2 amide bonds. The molecular formula is C25H31N5O3. The van der Waals surface area contributed by atoms with E-state index in [9.17, 15) is 14.7 Å². The van der Waals surface area contributed by atoms with Crippen LogP contribution in [-0.4, -0.2) is 52.5 Å². The van der Waals surface area contributed by atoms with Gasteiger partial charge in [-0.25, -0.2) is 0 Å². The monoisotopic (exact) mass is 449 g/mol. The van der Waals surface area contributed by atoms with Crippen molar-refractivity contribution in [2.24, 2.45) is 11.5 Å². The number of aromatic amines is 1. The SMILES string of the molecule is Cc1ccc2[nH]c3c(c2c1)CC(C(=O)NCCCN)N(C(=O)CCN)C3c1cccc(O)c1. The largest absolute Gasteiger partial charge is 0.508 e. The molecular weight excluding hydrogens is 418 g/mol. The molecule has 33 heavy (non-hydrogen) atoms. The van der Waals surface area contributed by atoms with Crippen molar-refractivity contribution in [1.82, 2.24) is 15.2 Å². The number of carbonyl (C=O) groups is 2. The zero-order valence-electron chi connectivity index (χ0n) is 18.8. The van der Waals surface area contributed by atoms with E-state index < -0.39 is 12.1 Å². The number of nitrogens with zero attached hydrogens (tertiary/aromatic N) is 1. The fraction of sp³-hybridized carbons (Fsp3) is 0.360. The van der Waals surface area contributed by atoms with Crippen molar-refractivity contribution in [3.8, 4) is 5.75 Å². The summed E-state index contributed by atoms with van der Waals surface area (Å²) < 4.78 is 0. The van der Waals surface area contributed by atoms with E-state index in [2.05, 4.69) is 16.4 Å². The molecule has 0 bridgehead atoms. The molecule has 2 aromatic carbocycles. The molecule has 8 heteroatoms. The van der Waals surface area contributed by atoms with Crippen LogP contribution in [0.2, 0.25) is 0 Å². The van der Waals surface area contributed by atoms with E-state index in [1.807, 2.05) is 25.1 Å². The third-order valence-electron chi connectivity index (χ3n) is 6.19. The molecule has 7 N–H and O–H groups in total. The van der Waals surface area contributed by atoms with Crippen LogP contribution in [0.1, 0.15) is 41.3 Å². The second-order valence-corrected chi connectivity index (χ2v) is 8.56. The molecule has 0 saturated carbocycles. The van der Waals surface area contributed by atoms with Gasteiger partial charge in [0, 0.05) is 42.5 Å². The molecule has 0 spiro atoms. The first-order valence-corrected chi connectivity index (χ1v) is 11.3. The molecule has 0 radical (unpaired) electrons. The van der Waals surface area contributed by atoms with Crippen molar-refractivity contribution >= 4 is 22.7 Å². The van der Waals surface area contributed by atoms with Gasteiger partial charge in [0.05, 0.1) is 6.04 Å². The van der Waals surface area contributed by atoms with Crippen LogP contribution in [0, 0.1) is 6.92 Å². The van der Waals surface area contributed by atoms with Gasteiger partial charge in [0.15, 0.2) is 0 Å². The number of aryl methyl sites for hydroxylation is 1. The number of fused-ring (bicyclic) bond motifs is 3. The Morgan fingerprint density at radius 2 is 2.00 bits per heavy atom. The first kappa shape index (κ1) is 22.8. The summed E-state index contributed by atoms with van der Waals surface area (Å²) in [6.45, 7) is 3.13. The second-order valence-electron chi connectivity index (χ2n) is 8.56. The van der Waals surface area contributed by atoms with Crippen LogP contribution >= 0.6 is 0 Å². The Kier molecular flexibility index (Phi) is 6.67. The first-order chi connectivity index (χ1) is 15.9. The van der Waals surface area contributed by atoms with E-state index in [-0.39, 0.29) is 30.5 Å². The Morgan fingerprint density at radius 3 is 2.73 bits per heavy atom. The quantitative estimate of drug-likeness (QED) is 0.351. The molecule has 8 nitrogen and oxygen atoms in total. The van der Waals surface area contributed by atoms with Gasteiger partial charge in [0.25, 0.3) is 0 Å². The second kappa shape index (κ2) is 9.64. The van der Waals surface area contributed by atoms with Crippen molar-refractivity contribution in [2.75, 3.05) is 19.6 Å². The minimum atomic E-state index is -0.707. The fourth-order valence-corrected chi connectivity index (χ4v) is 4.69. The van der Waals surface area contributed by atoms with Crippen LogP contribution in [0.15, 0.2) is 42.5 Å². The molecule has 1 aliphatic heterocycles. The normalized spacial score (nSPS) is 17.7. The Morgan fingerprint density at radius 1 is 1.18 bits per heavy atom. The van der Waals surface area contributed by atoms with Gasteiger partial charge in [-0.15, -0.1) is 0 Å². The predicted octanol–water partition coefficient (Wildman–Crippen LogP) is 1.84. The number of carbonyl (C=O) groups excluding carboxylic acids is 2. The highest BCUT2D eigenvalue weighted by atomic mass is 16.3. The van der Waals surface area contributed by atoms with Crippen LogP contribution in [0.25, 0.3) is 10.9 Å². The van der Waals surface area contributed by atoms with Crippen LogP contribution in [-0.2, 0) is 16.0 Å². The van der Waals surface area contributed by atoms with Crippen molar-refractivity contribution in [1.29, 1.82) is 0 Å². The number of nitrogens with one attached hydrogen (secondary N) is 2. The third-order valence-corrected chi connectivity index (χ3v) is 6.19. The Hall–Kier alpha value is -3.36. The summed E-state index contributed by atoms with van der Waals surface area (Å²) in [7, 11) is 0. The number of aromatic hydroxyl groups is 1. The predicted molar refractivity (Wildman–Crippen MR) is 128 cm³/mol. The highest BCUT2D eigenvalue weighted by Gasteiger charge is 2.43. The summed E-state index contributed by atoms with van der Waals surface area (Å²) in [5, 5.41) is 14.2. The lowest BCUT2D eigenvalue weighted by Gasteiger charge is -2.41. The van der Waals surface area contributed by atoms with Gasteiger partial charge in [0.2, 0.25) is 11.8 Å². The number of hydrogen-bond acceptors (Lipinski definition) is 5. The third kappa shape index (κ3) is 4.44. The number of phenols is 1. The molecule has 0 fully saturated rings. The number of nitrogens with two attached hydrogens (primary N) is 2. The van der Waals surface area contributed by atoms with Crippen molar-refractivity contribution < 1.29 is 14.7 Å². The number of hydrogen-bond donors (Lipinski definition) is 5. The molecule has 0 saturated heterocycles. The molecule has 174 valence electrons. The van der Waals surface area contributed by atoms with Crippen LogP contribution < -0.4 is 16.8 Å². The molecule has 2 heterocycles. The molecule has 1 aromatic heterocycles. The Bertz CT molecular complexity index is 1170. The van der Waals surface area contributed by atoms with E-state index in [1.165, 1.54) is 0 Å². The average molecular weight is 450 g/mol. The maximum atomic E-state index is 13.4. The van der Waals surface area contributed by atoms with Gasteiger partial charge in [-0.1, -0.05) is 23.8 Å². The number of H-pyrrole nitrogens is 1. The van der Waals surface area contributed by atoms with E-state index in [1.54, 1.807) is 23.1 Å². The van der Waals surface area contributed by atoms with Crippen LogP contribution in [0.5, 0.6) is 5.75 Å². The van der Waals surface area contributed by atoms with Crippen LogP contribution in [0.4, 0.5) is 0 Å². The Balaban J connectivity index is 1.90. The number of rotatable bonds is 7. The smallest absolute Gasteiger partial charge is 0.243 e. The molecule has 1 aliphatic rings. The van der Waals surface area contributed by atoms with Crippen molar-refractivity contribution in [3.63, 3.8) is 0 Å². The van der Waals surface area contributed by atoms with E-state index >= 15 is 0 Å². The van der Waals surface area contributed by atoms with Crippen molar-refractivity contribution in [3.05, 3.63) is 64.8 Å². The zero-order chi connectivity index (χ0) is 23.5. The average Bonchev–Trinajstić information content (AvgIpc) is 3.15. The number of amides is 2. The summed E-state index contributed by atoms with van der Waals surface area (Å²) >= 11 is 0. The van der Waals surface area contributed by atoms with Gasteiger partial charge >= 0.3 is 0 Å². The summed E-state index contributed by atoms with van der Waals surface area (Å²) in [4.78, 5) is 31.8. The van der Waals surface area contributed by atoms with Crippen molar-refractivity contribution in [2.45, 2.75) is 38.3 Å². The standard InChI is InChI=1S/C25H31N5O3/c1-15-6-7-20-18(12-15)19-14-21(25(33)28-11-3-9-26)30(22(32)8-10-27)24(23(19)29-20)16-4-2-5-17(31)13-16/h2,4-7,12-13,21,24,29,31H,3,8-11,14,26-27H2,1H3,(H,28,33). The minimum absolute atomic E-state index is 0.0988. The molecule has 2 atom stereocenters. The summed E-state index contributed by atoms with van der Waals surface area (Å²) in [5.74, 6) is -0.321. The lowest BCUT2D eigenvalue weighted by molar-refractivity contribution is -0.143. The Labute approximate surface area is 192 Å². The lowest BCUT2D eigenvalue weighted by atomic mass is 9.87. The summed E-state index contributed by atoms with van der Waals surface area (Å²) in [6, 6.07) is 11.7. The fourth-order valence-electron chi connectivity index (χ4n) is 4.69. The van der Waals surface area contributed by atoms with E-state index in [0.29, 0.717) is 25.9 Å². The zero-order valence-corrected chi connectivity index (χ0v) is 18.8. The van der Waals surface area contributed by atoms with Gasteiger partial charge in [-0.3, -0.25) is 9.59 Å². The van der Waals surface area contributed by atoms with Crippen LogP contribution in [0.3, 0.4) is 0 Å². The topological polar surface area (TPSA) is 137 Å². The highest BCUT2D eigenvalue weighted by Crippen LogP contribution is 2.42. The molecule has 0 aliphatic carbocycles. The van der Waals surface area contributed by atoms with E-state index in [4.69, 9.17) is 11.5 Å². The number of benzene rings is 2.